The minimum Gasteiger partial charge on any atom is -0.484 e. The molecule has 5 rings (SSSR count). The van der Waals surface area contributed by atoms with Crippen LogP contribution in [0.1, 0.15) is 45.3 Å². The SMILES string of the molecule is Cc1cc2oc3c(c(=O)c2cc1C)C(c1ccc(OCC(N)=O)cc1)N(CCCN1CCOCC1)C3=O. The summed E-state index contributed by atoms with van der Waals surface area (Å²) < 4.78 is 16.9. The van der Waals surface area contributed by atoms with Gasteiger partial charge in [0.15, 0.2) is 12.0 Å². The number of carbonyl (C=O) groups is 2. The van der Waals surface area contributed by atoms with Crippen LogP contribution in [-0.4, -0.2) is 67.6 Å². The number of aryl methyl sites for hydroxylation is 2. The number of ether oxygens (including phenoxy) is 2. The molecule has 2 N–H and O–H groups in total. The van der Waals surface area contributed by atoms with E-state index in [4.69, 9.17) is 19.6 Å². The Labute approximate surface area is 214 Å². The Kier molecular flexibility index (Phi) is 6.99. The number of amides is 2. The highest BCUT2D eigenvalue weighted by atomic mass is 16.5. The number of nitrogens with zero attached hydrogens (tertiary/aromatic N) is 2. The zero-order valence-electron chi connectivity index (χ0n) is 21.1. The Morgan fingerprint density at radius 2 is 1.76 bits per heavy atom. The van der Waals surface area contributed by atoms with Crippen molar-refractivity contribution in [2.45, 2.75) is 26.3 Å². The Morgan fingerprint density at radius 3 is 2.46 bits per heavy atom. The molecule has 1 aromatic heterocycles. The van der Waals surface area contributed by atoms with E-state index in [1.54, 1.807) is 17.0 Å². The molecule has 1 unspecified atom stereocenters. The second-order valence-corrected chi connectivity index (χ2v) is 9.64. The second-order valence-electron chi connectivity index (χ2n) is 9.64. The number of morpholine rings is 1. The summed E-state index contributed by atoms with van der Waals surface area (Å²) in [4.78, 5) is 42.5. The number of fused-ring (bicyclic) bond motifs is 2. The third-order valence-electron chi connectivity index (χ3n) is 7.14. The third-order valence-corrected chi connectivity index (χ3v) is 7.14. The molecule has 1 saturated heterocycles. The summed E-state index contributed by atoms with van der Waals surface area (Å²) in [5.74, 6) is -0.275. The van der Waals surface area contributed by atoms with E-state index < -0.39 is 11.9 Å². The van der Waals surface area contributed by atoms with Crippen molar-refractivity contribution in [2.75, 3.05) is 46.0 Å². The van der Waals surface area contributed by atoms with Gasteiger partial charge in [0.25, 0.3) is 11.8 Å². The number of carbonyl (C=O) groups excluding carboxylic acids is 2. The second kappa shape index (κ2) is 10.4. The van der Waals surface area contributed by atoms with Gasteiger partial charge in [-0.1, -0.05) is 12.1 Å². The van der Waals surface area contributed by atoms with Crippen LogP contribution in [0.2, 0.25) is 0 Å². The summed E-state index contributed by atoms with van der Waals surface area (Å²) in [7, 11) is 0. The van der Waals surface area contributed by atoms with Gasteiger partial charge in [-0.25, -0.2) is 0 Å². The first-order valence-corrected chi connectivity index (χ1v) is 12.5. The van der Waals surface area contributed by atoms with Crippen LogP contribution in [0.5, 0.6) is 5.75 Å². The lowest BCUT2D eigenvalue weighted by Gasteiger charge is -2.29. The Hall–Kier alpha value is -3.69. The molecule has 0 saturated carbocycles. The number of rotatable bonds is 8. The fourth-order valence-electron chi connectivity index (χ4n) is 5.04. The maximum Gasteiger partial charge on any atom is 0.290 e. The summed E-state index contributed by atoms with van der Waals surface area (Å²) in [5, 5.41) is 0.469. The lowest BCUT2D eigenvalue weighted by Crippen LogP contribution is -2.38. The van der Waals surface area contributed by atoms with E-state index in [1.165, 1.54) is 0 Å². The van der Waals surface area contributed by atoms with Crippen molar-refractivity contribution in [1.82, 2.24) is 9.80 Å². The first kappa shape index (κ1) is 25.0. The molecule has 0 bridgehead atoms. The molecular weight excluding hydrogens is 474 g/mol. The topological polar surface area (TPSA) is 115 Å². The van der Waals surface area contributed by atoms with Crippen molar-refractivity contribution in [3.8, 4) is 5.75 Å². The minimum absolute atomic E-state index is 0.103. The highest BCUT2D eigenvalue weighted by molar-refractivity contribution is 5.99. The largest absolute Gasteiger partial charge is 0.484 e. The zero-order chi connectivity index (χ0) is 26.1. The maximum atomic E-state index is 13.8. The molecule has 2 aromatic carbocycles. The summed E-state index contributed by atoms with van der Waals surface area (Å²) in [5.41, 5.74) is 8.50. The van der Waals surface area contributed by atoms with Crippen molar-refractivity contribution < 1.29 is 23.5 Å². The van der Waals surface area contributed by atoms with Crippen LogP contribution in [0.4, 0.5) is 0 Å². The van der Waals surface area contributed by atoms with Crippen LogP contribution in [0.15, 0.2) is 45.6 Å². The summed E-state index contributed by atoms with van der Waals surface area (Å²) in [6.45, 7) is 8.14. The smallest absolute Gasteiger partial charge is 0.290 e. The van der Waals surface area contributed by atoms with E-state index in [0.29, 0.717) is 42.0 Å². The van der Waals surface area contributed by atoms with E-state index in [-0.39, 0.29) is 23.7 Å². The minimum atomic E-state index is -0.584. The van der Waals surface area contributed by atoms with E-state index in [2.05, 4.69) is 4.90 Å². The molecule has 2 aliphatic heterocycles. The lowest BCUT2D eigenvalue weighted by molar-refractivity contribution is -0.119. The maximum absolute atomic E-state index is 13.8. The molecule has 9 heteroatoms. The van der Waals surface area contributed by atoms with Crippen LogP contribution in [0.25, 0.3) is 11.0 Å². The molecule has 1 fully saturated rings. The van der Waals surface area contributed by atoms with Gasteiger partial charge in [-0.3, -0.25) is 19.3 Å². The van der Waals surface area contributed by atoms with Gasteiger partial charge in [0, 0.05) is 26.2 Å². The van der Waals surface area contributed by atoms with Crippen molar-refractivity contribution in [2.24, 2.45) is 5.73 Å². The molecule has 0 spiro atoms. The van der Waals surface area contributed by atoms with E-state index in [9.17, 15) is 14.4 Å². The number of benzene rings is 2. The van der Waals surface area contributed by atoms with Crippen molar-refractivity contribution in [3.05, 3.63) is 74.6 Å². The molecule has 0 radical (unpaired) electrons. The van der Waals surface area contributed by atoms with Gasteiger partial charge in [-0.2, -0.15) is 0 Å². The molecule has 0 aliphatic carbocycles. The van der Waals surface area contributed by atoms with Gasteiger partial charge in [0.1, 0.15) is 11.3 Å². The number of hydrogen-bond donors (Lipinski definition) is 1. The number of hydrogen-bond acceptors (Lipinski definition) is 7. The van der Waals surface area contributed by atoms with Gasteiger partial charge >= 0.3 is 0 Å². The van der Waals surface area contributed by atoms with Gasteiger partial charge in [0.2, 0.25) is 5.76 Å². The Morgan fingerprint density at radius 1 is 1.05 bits per heavy atom. The number of nitrogens with two attached hydrogens (primary N) is 1. The summed E-state index contributed by atoms with van der Waals surface area (Å²) in [6.07, 6.45) is 0.752. The quantitative estimate of drug-likeness (QED) is 0.500. The molecule has 37 heavy (non-hydrogen) atoms. The van der Waals surface area contributed by atoms with E-state index in [0.717, 1.165) is 42.7 Å². The molecule has 2 aliphatic rings. The normalized spacial score (nSPS) is 17.8. The predicted molar refractivity (Wildman–Crippen MR) is 138 cm³/mol. The van der Waals surface area contributed by atoms with E-state index in [1.807, 2.05) is 38.1 Å². The van der Waals surface area contributed by atoms with E-state index >= 15 is 0 Å². The van der Waals surface area contributed by atoms with Gasteiger partial charge < -0.3 is 24.5 Å². The standard InChI is InChI=1S/C28H31N3O6/c1-17-14-21-22(15-18(17)2)37-27-24(26(21)33)25(19-4-6-20(7-5-19)36-16-23(29)32)31(28(27)34)9-3-8-30-10-12-35-13-11-30/h4-7,14-15,25H,3,8-13,16H2,1-2H3,(H2,29,32). The molecule has 9 nitrogen and oxygen atoms in total. The lowest BCUT2D eigenvalue weighted by atomic mass is 9.97. The Bertz CT molecular complexity index is 1390. The average molecular weight is 506 g/mol. The fourth-order valence-corrected chi connectivity index (χ4v) is 5.04. The average Bonchev–Trinajstić information content (AvgIpc) is 3.16. The van der Waals surface area contributed by atoms with Gasteiger partial charge in [-0.05, 0) is 61.2 Å². The van der Waals surface area contributed by atoms with Crippen molar-refractivity contribution >= 4 is 22.8 Å². The first-order valence-electron chi connectivity index (χ1n) is 12.5. The molecular formula is C28H31N3O6. The van der Waals surface area contributed by atoms with Crippen LogP contribution in [0.3, 0.4) is 0 Å². The van der Waals surface area contributed by atoms with Gasteiger partial charge in [0.05, 0.1) is 30.2 Å². The summed E-state index contributed by atoms with van der Waals surface area (Å²) in [6, 6.07) is 10.1. The molecule has 3 aromatic rings. The molecule has 3 heterocycles. The van der Waals surface area contributed by atoms with Crippen molar-refractivity contribution in [1.29, 1.82) is 0 Å². The summed E-state index contributed by atoms with van der Waals surface area (Å²) >= 11 is 0. The molecule has 194 valence electrons. The zero-order valence-corrected chi connectivity index (χ0v) is 21.1. The monoisotopic (exact) mass is 505 g/mol. The highest BCUT2D eigenvalue weighted by Crippen LogP contribution is 2.39. The van der Waals surface area contributed by atoms with Crippen LogP contribution in [-0.2, 0) is 9.53 Å². The molecule has 2 amide bonds. The predicted octanol–water partition coefficient (Wildman–Crippen LogP) is 2.54. The highest BCUT2D eigenvalue weighted by Gasteiger charge is 2.42. The van der Waals surface area contributed by atoms with Crippen LogP contribution >= 0.6 is 0 Å². The first-order chi connectivity index (χ1) is 17.8. The molecule has 1 atom stereocenters. The van der Waals surface area contributed by atoms with Crippen molar-refractivity contribution in [3.63, 3.8) is 0 Å². The Balaban J connectivity index is 1.51. The fraction of sp³-hybridized carbons (Fsp3) is 0.393. The van der Waals surface area contributed by atoms with Crippen LogP contribution in [0, 0.1) is 13.8 Å². The van der Waals surface area contributed by atoms with Crippen LogP contribution < -0.4 is 15.9 Å². The number of primary amides is 1. The third kappa shape index (κ3) is 4.97. The van der Waals surface area contributed by atoms with Gasteiger partial charge in [-0.15, -0.1) is 0 Å².